The van der Waals surface area contributed by atoms with E-state index in [9.17, 15) is 4.79 Å². The number of nitrogen functional groups attached to an aromatic ring is 1. The van der Waals surface area contributed by atoms with E-state index in [4.69, 9.17) is 11.5 Å². The third-order valence-electron chi connectivity index (χ3n) is 2.14. The number of hydrogen-bond acceptors (Lipinski definition) is 6. The molecule has 1 amide bonds. The SMILES string of the molecule is CSc1nc(N)cc(N(CC(N)=O)C(C)C)n1. The quantitative estimate of drug-likeness (QED) is 0.586. The molecule has 1 heterocycles. The van der Waals surface area contributed by atoms with Crippen molar-refractivity contribution >= 4 is 29.3 Å². The van der Waals surface area contributed by atoms with Crippen LogP contribution in [0.4, 0.5) is 11.6 Å². The van der Waals surface area contributed by atoms with E-state index in [0.717, 1.165) is 0 Å². The first kappa shape index (κ1) is 13.6. The van der Waals surface area contributed by atoms with Crippen molar-refractivity contribution in [2.75, 3.05) is 23.4 Å². The molecule has 0 spiro atoms. The number of carbonyl (C=O) groups is 1. The van der Waals surface area contributed by atoms with Crippen LogP contribution in [0.25, 0.3) is 0 Å². The molecule has 6 nitrogen and oxygen atoms in total. The van der Waals surface area contributed by atoms with Gasteiger partial charge in [0.2, 0.25) is 5.91 Å². The van der Waals surface area contributed by atoms with Gasteiger partial charge in [0.1, 0.15) is 11.6 Å². The Hall–Kier alpha value is -1.50. The summed E-state index contributed by atoms with van der Waals surface area (Å²) in [6, 6.07) is 1.74. The Morgan fingerprint density at radius 3 is 2.65 bits per heavy atom. The molecule has 0 aromatic carbocycles. The fourth-order valence-electron chi connectivity index (χ4n) is 1.36. The van der Waals surface area contributed by atoms with E-state index in [2.05, 4.69) is 9.97 Å². The Kier molecular flexibility index (Phi) is 4.56. The molecule has 0 radical (unpaired) electrons. The predicted molar refractivity (Wildman–Crippen MR) is 69.9 cm³/mol. The minimum absolute atomic E-state index is 0.103. The Bertz CT molecular complexity index is 410. The summed E-state index contributed by atoms with van der Waals surface area (Å²) in [4.78, 5) is 21.2. The van der Waals surface area contributed by atoms with Crippen LogP contribution in [-0.4, -0.2) is 34.7 Å². The number of thioether (sulfide) groups is 1. The molecule has 0 saturated heterocycles. The average Bonchev–Trinajstić information content (AvgIpc) is 2.24. The lowest BCUT2D eigenvalue weighted by Gasteiger charge is -2.26. The normalized spacial score (nSPS) is 10.6. The molecule has 17 heavy (non-hydrogen) atoms. The second kappa shape index (κ2) is 5.72. The first-order valence-electron chi connectivity index (χ1n) is 5.17. The highest BCUT2D eigenvalue weighted by Gasteiger charge is 2.16. The molecule has 1 rings (SSSR count). The van der Waals surface area contributed by atoms with Gasteiger partial charge < -0.3 is 16.4 Å². The van der Waals surface area contributed by atoms with Crippen LogP contribution in [-0.2, 0) is 4.79 Å². The topological polar surface area (TPSA) is 98.1 Å². The first-order chi connectivity index (χ1) is 7.93. The second-order valence-electron chi connectivity index (χ2n) is 3.83. The van der Waals surface area contributed by atoms with Crippen LogP contribution in [0, 0.1) is 0 Å². The fourth-order valence-corrected chi connectivity index (χ4v) is 1.75. The molecule has 7 heteroatoms. The van der Waals surface area contributed by atoms with Crippen molar-refractivity contribution in [3.63, 3.8) is 0 Å². The van der Waals surface area contributed by atoms with Gasteiger partial charge >= 0.3 is 0 Å². The number of primary amides is 1. The van der Waals surface area contributed by atoms with Crippen molar-refractivity contribution in [3.05, 3.63) is 6.07 Å². The number of aromatic nitrogens is 2. The summed E-state index contributed by atoms with van der Waals surface area (Å²) in [6.07, 6.45) is 1.87. The largest absolute Gasteiger partial charge is 0.383 e. The van der Waals surface area contributed by atoms with Crippen LogP contribution in [0.2, 0.25) is 0 Å². The summed E-state index contributed by atoms with van der Waals surface area (Å²) in [6.45, 7) is 4.03. The number of nitrogens with zero attached hydrogens (tertiary/aromatic N) is 3. The predicted octanol–water partition coefficient (Wildman–Crippen LogP) is 0.481. The van der Waals surface area contributed by atoms with Gasteiger partial charge in [-0.05, 0) is 20.1 Å². The van der Waals surface area contributed by atoms with Gasteiger partial charge in [-0.3, -0.25) is 4.79 Å². The van der Waals surface area contributed by atoms with E-state index < -0.39 is 5.91 Å². The number of nitrogens with two attached hydrogens (primary N) is 2. The molecule has 0 unspecified atom stereocenters. The minimum Gasteiger partial charge on any atom is -0.383 e. The zero-order valence-corrected chi connectivity index (χ0v) is 11.0. The van der Waals surface area contributed by atoms with Gasteiger partial charge in [-0.1, -0.05) is 11.8 Å². The van der Waals surface area contributed by atoms with Crippen LogP contribution in [0.1, 0.15) is 13.8 Å². The summed E-state index contributed by atoms with van der Waals surface area (Å²) in [5.41, 5.74) is 10.9. The zero-order chi connectivity index (χ0) is 13.0. The van der Waals surface area contributed by atoms with E-state index in [1.165, 1.54) is 11.8 Å². The number of hydrogen-bond donors (Lipinski definition) is 2. The van der Waals surface area contributed by atoms with Gasteiger partial charge in [0.15, 0.2) is 5.16 Å². The maximum Gasteiger partial charge on any atom is 0.237 e. The fraction of sp³-hybridized carbons (Fsp3) is 0.500. The van der Waals surface area contributed by atoms with Gasteiger partial charge in [-0.15, -0.1) is 0 Å². The highest BCUT2D eigenvalue weighted by molar-refractivity contribution is 7.98. The number of rotatable bonds is 5. The standard InChI is InChI=1S/C10H17N5OS/c1-6(2)15(5-8(12)16)9-4-7(11)13-10(14-9)17-3/h4,6H,5H2,1-3H3,(H2,12,16)(H2,11,13,14). The maximum absolute atomic E-state index is 11.0. The summed E-state index contributed by atoms with van der Waals surface area (Å²) >= 11 is 1.40. The average molecular weight is 255 g/mol. The molecule has 1 aromatic rings. The molecular formula is C10H17N5OS. The smallest absolute Gasteiger partial charge is 0.237 e. The van der Waals surface area contributed by atoms with Gasteiger partial charge in [-0.2, -0.15) is 0 Å². The second-order valence-corrected chi connectivity index (χ2v) is 4.60. The summed E-state index contributed by atoms with van der Waals surface area (Å²) in [5, 5.41) is 0.579. The highest BCUT2D eigenvalue weighted by Crippen LogP contribution is 2.20. The minimum atomic E-state index is -0.401. The van der Waals surface area contributed by atoms with E-state index in [0.29, 0.717) is 16.8 Å². The van der Waals surface area contributed by atoms with Crippen LogP contribution in [0.5, 0.6) is 0 Å². The summed E-state index contributed by atoms with van der Waals surface area (Å²) in [5.74, 6) is 0.603. The third kappa shape index (κ3) is 3.77. The lowest BCUT2D eigenvalue weighted by atomic mass is 10.3. The monoisotopic (exact) mass is 255 g/mol. The van der Waals surface area contributed by atoms with Gasteiger partial charge in [-0.25, -0.2) is 9.97 Å². The van der Waals surface area contributed by atoms with Crippen LogP contribution >= 0.6 is 11.8 Å². The maximum atomic E-state index is 11.0. The number of amides is 1. The zero-order valence-electron chi connectivity index (χ0n) is 10.2. The Morgan fingerprint density at radius 2 is 2.18 bits per heavy atom. The first-order valence-corrected chi connectivity index (χ1v) is 6.40. The summed E-state index contributed by atoms with van der Waals surface area (Å²) < 4.78 is 0. The molecule has 4 N–H and O–H groups in total. The Balaban J connectivity index is 3.08. The lowest BCUT2D eigenvalue weighted by Crippen LogP contribution is -2.39. The molecule has 0 atom stereocenters. The van der Waals surface area contributed by atoms with E-state index in [1.807, 2.05) is 20.1 Å². The van der Waals surface area contributed by atoms with Gasteiger partial charge in [0.05, 0.1) is 6.54 Å². The molecular weight excluding hydrogens is 238 g/mol. The number of carbonyl (C=O) groups excluding carboxylic acids is 1. The number of anilines is 2. The van der Waals surface area contributed by atoms with Crippen LogP contribution in [0.3, 0.4) is 0 Å². The molecule has 0 aliphatic rings. The Morgan fingerprint density at radius 1 is 1.53 bits per heavy atom. The van der Waals surface area contributed by atoms with Gasteiger partial charge in [0, 0.05) is 12.1 Å². The molecule has 0 saturated carbocycles. The Labute approximate surface area is 105 Å². The van der Waals surface area contributed by atoms with E-state index in [-0.39, 0.29) is 12.6 Å². The molecule has 0 aliphatic carbocycles. The van der Waals surface area contributed by atoms with Crippen molar-refractivity contribution in [2.24, 2.45) is 5.73 Å². The third-order valence-corrected chi connectivity index (χ3v) is 2.69. The van der Waals surface area contributed by atoms with E-state index in [1.54, 1.807) is 11.0 Å². The lowest BCUT2D eigenvalue weighted by molar-refractivity contribution is -0.116. The molecule has 0 bridgehead atoms. The molecule has 1 aromatic heterocycles. The van der Waals surface area contributed by atoms with Crippen molar-refractivity contribution in [3.8, 4) is 0 Å². The van der Waals surface area contributed by atoms with Crippen LogP contribution < -0.4 is 16.4 Å². The van der Waals surface area contributed by atoms with Crippen molar-refractivity contribution < 1.29 is 4.79 Å². The van der Waals surface area contributed by atoms with E-state index >= 15 is 0 Å². The highest BCUT2D eigenvalue weighted by atomic mass is 32.2. The van der Waals surface area contributed by atoms with Crippen LogP contribution in [0.15, 0.2) is 11.2 Å². The van der Waals surface area contributed by atoms with Gasteiger partial charge in [0.25, 0.3) is 0 Å². The summed E-state index contributed by atoms with van der Waals surface area (Å²) in [7, 11) is 0. The van der Waals surface area contributed by atoms with Crippen molar-refractivity contribution in [1.82, 2.24) is 9.97 Å². The molecule has 94 valence electrons. The van der Waals surface area contributed by atoms with Crippen molar-refractivity contribution in [1.29, 1.82) is 0 Å². The molecule has 0 aliphatic heterocycles. The van der Waals surface area contributed by atoms with Crippen molar-refractivity contribution in [2.45, 2.75) is 25.0 Å². The molecule has 0 fully saturated rings.